The van der Waals surface area contributed by atoms with Crippen LogP contribution in [0.1, 0.15) is 26.9 Å². The highest BCUT2D eigenvalue weighted by atomic mass is 79.9. The van der Waals surface area contributed by atoms with E-state index >= 15 is 0 Å². The molecule has 1 aliphatic rings. The van der Waals surface area contributed by atoms with Crippen LogP contribution in [0.25, 0.3) is 0 Å². The third-order valence-corrected chi connectivity index (χ3v) is 6.92. The van der Waals surface area contributed by atoms with Gasteiger partial charge in [-0.3, -0.25) is 4.79 Å². The van der Waals surface area contributed by atoms with Gasteiger partial charge in [-0.25, -0.2) is 0 Å². The number of benzene rings is 1. The summed E-state index contributed by atoms with van der Waals surface area (Å²) in [5.74, 6) is 0.985. The lowest BCUT2D eigenvalue weighted by molar-refractivity contribution is 0.0767. The van der Waals surface area contributed by atoms with Gasteiger partial charge < -0.3 is 4.90 Å². The molecule has 22 heavy (non-hydrogen) atoms. The number of nitrogens with zero attached hydrogens (tertiary/aromatic N) is 1. The van der Waals surface area contributed by atoms with Gasteiger partial charge in [0.2, 0.25) is 0 Å². The molecule has 0 radical (unpaired) electrons. The number of amides is 1. The van der Waals surface area contributed by atoms with Gasteiger partial charge in [-0.15, -0.1) is 11.3 Å². The molecule has 2 nitrogen and oxygen atoms in total. The lowest BCUT2D eigenvalue weighted by atomic mass is 10.1. The zero-order chi connectivity index (χ0) is 15.5. The number of hydrogen-bond acceptors (Lipinski definition) is 3. The molecule has 3 rings (SSSR count). The van der Waals surface area contributed by atoms with E-state index in [9.17, 15) is 4.79 Å². The average molecular weight is 417 g/mol. The fourth-order valence-electron chi connectivity index (χ4n) is 2.51. The van der Waals surface area contributed by atoms with Crippen LogP contribution in [0.3, 0.4) is 0 Å². The molecule has 1 aromatic heterocycles. The first kappa shape index (κ1) is 16.4. The van der Waals surface area contributed by atoms with E-state index in [-0.39, 0.29) is 5.91 Å². The van der Waals surface area contributed by atoms with E-state index in [0.29, 0.717) is 15.8 Å². The van der Waals surface area contributed by atoms with Crippen LogP contribution in [0.5, 0.6) is 0 Å². The lowest BCUT2D eigenvalue weighted by Gasteiger charge is -2.21. The third kappa shape index (κ3) is 3.70. The number of carbonyl (C=O) groups is 1. The highest BCUT2D eigenvalue weighted by Gasteiger charge is 2.24. The monoisotopic (exact) mass is 415 g/mol. The molecule has 1 aromatic carbocycles. The molecule has 1 atom stereocenters. The van der Waals surface area contributed by atoms with Crippen molar-refractivity contribution in [1.29, 1.82) is 0 Å². The molecule has 2 heterocycles. The minimum Gasteiger partial charge on any atom is -0.338 e. The summed E-state index contributed by atoms with van der Waals surface area (Å²) in [5, 5.41) is 3.13. The van der Waals surface area contributed by atoms with Crippen LogP contribution in [0, 0.1) is 0 Å². The fourth-order valence-corrected chi connectivity index (χ4v) is 5.30. The van der Waals surface area contributed by atoms with Crippen LogP contribution in [0.15, 0.2) is 40.2 Å². The maximum Gasteiger partial charge on any atom is 0.255 e. The number of halogens is 2. The van der Waals surface area contributed by atoms with Gasteiger partial charge in [0, 0.05) is 33.4 Å². The molecule has 1 fully saturated rings. The molecule has 0 N–H and O–H groups in total. The van der Waals surface area contributed by atoms with Crippen LogP contribution in [0.4, 0.5) is 0 Å². The predicted molar refractivity (Wildman–Crippen MR) is 99.2 cm³/mol. The van der Waals surface area contributed by atoms with Gasteiger partial charge in [-0.05, 0) is 36.1 Å². The van der Waals surface area contributed by atoms with Crippen molar-refractivity contribution in [3.63, 3.8) is 0 Å². The normalized spacial score (nSPS) is 19.0. The number of hydrogen-bond donors (Lipinski definition) is 0. The van der Waals surface area contributed by atoms with Crippen LogP contribution >= 0.6 is 50.6 Å². The van der Waals surface area contributed by atoms with Crippen LogP contribution in [-0.4, -0.2) is 29.6 Å². The Morgan fingerprint density at radius 1 is 1.32 bits per heavy atom. The van der Waals surface area contributed by atoms with Crippen molar-refractivity contribution in [3.05, 3.63) is 55.6 Å². The first-order valence-corrected chi connectivity index (χ1v) is 10.1. The molecular weight excluding hydrogens is 402 g/mol. The van der Waals surface area contributed by atoms with Crippen LogP contribution in [0.2, 0.25) is 5.02 Å². The summed E-state index contributed by atoms with van der Waals surface area (Å²) in [5.41, 5.74) is 0.579. The number of thioether (sulfide) groups is 1. The SMILES string of the molecule is O=C(c1cc(Br)ccc1Cl)N1CCSC(c2cccs2)CC1. The summed E-state index contributed by atoms with van der Waals surface area (Å²) >= 11 is 13.3. The van der Waals surface area contributed by atoms with E-state index in [2.05, 4.69) is 33.4 Å². The summed E-state index contributed by atoms with van der Waals surface area (Å²) in [6.07, 6.45) is 0.989. The second-order valence-electron chi connectivity index (χ2n) is 5.08. The van der Waals surface area contributed by atoms with Crippen LogP contribution < -0.4 is 0 Å². The first-order chi connectivity index (χ1) is 10.6. The Balaban J connectivity index is 1.73. The van der Waals surface area contributed by atoms with Gasteiger partial charge in [0.25, 0.3) is 5.91 Å². The Kier molecular flexibility index (Phi) is 5.50. The molecule has 6 heteroatoms. The van der Waals surface area contributed by atoms with E-state index in [1.165, 1.54) is 4.88 Å². The predicted octanol–water partition coefficient (Wildman–Crippen LogP) is 5.48. The molecule has 2 aromatic rings. The molecule has 0 spiro atoms. The summed E-state index contributed by atoms with van der Waals surface area (Å²) < 4.78 is 0.876. The minimum absolute atomic E-state index is 0.0266. The van der Waals surface area contributed by atoms with Gasteiger partial charge in [0.15, 0.2) is 0 Å². The van der Waals surface area contributed by atoms with Crippen molar-refractivity contribution in [1.82, 2.24) is 4.90 Å². The Morgan fingerprint density at radius 2 is 2.18 bits per heavy atom. The minimum atomic E-state index is 0.0266. The Bertz CT molecular complexity index is 662. The van der Waals surface area contributed by atoms with Crippen molar-refractivity contribution in [3.8, 4) is 0 Å². The second-order valence-corrected chi connectivity index (χ2v) is 8.69. The van der Waals surface area contributed by atoms with Gasteiger partial charge in [-0.1, -0.05) is 33.6 Å². The number of rotatable bonds is 2. The molecule has 0 bridgehead atoms. The third-order valence-electron chi connectivity index (χ3n) is 3.65. The maximum absolute atomic E-state index is 12.7. The van der Waals surface area contributed by atoms with Gasteiger partial charge >= 0.3 is 0 Å². The smallest absolute Gasteiger partial charge is 0.255 e. The standard InChI is InChI=1S/C16H15BrClNOS2/c17-11-3-4-13(18)12(10-11)16(20)19-6-5-15(22-9-7-19)14-2-1-8-21-14/h1-4,8,10,15H,5-7,9H2. The molecule has 0 saturated carbocycles. The number of carbonyl (C=O) groups excluding carboxylic acids is 1. The van der Waals surface area contributed by atoms with Crippen molar-refractivity contribution in [2.75, 3.05) is 18.8 Å². The van der Waals surface area contributed by atoms with E-state index in [1.54, 1.807) is 23.5 Å². The molecule has 1 aliphatic heterocycles. The molecule has 1 saturated heterocycles. The lowest BCUT2D eigenvalue weighted by Crippen LogP contribution is -2.33. The molecule has 1 amide bonds. The first-order valence-electron chi connectivity index (χ1n) is 7.04. The Labute approximate surface area is 152 Å². The summed E-state index contributed by atoms with van der Waals surface area (Å²) in [7, 11) is 0. The van der Waals surface area contributed by atoms with Gasteiger partial charge in [0.1, 0.15) is 0 Å². The van der Waals surface area contributed by atoms with Gasteiger partial charge in [-0.2, -0.15) is 11.8 Å². The van der Waals surface area contributed by atoms with E-state index in [0.717, 1.165) is 29.7 Å². The molecular formula is C16H15BrClNOS2. The molecule has 0 aliphatic carbocycles. The van der Waals surface area contributed by atoms with Gasteiger partial charge in [0.05, 0.1) is 10.6 Å². The van der Waals surface area contributed by atoms with Crippen molar-refractivity contribution in [2.24, 2.45) is 0 Å². The Hall–Kier alpha value is -0.490. The fraction of sp³-hybridized carbons (Fsp3) is 0.312. The zero-order valence-electron chi connectivity index (χ0n) is 11.8. The van der Waals surface area contributed by atoms with Crippen molar-refractivity contribution < 1.29 is 4.79 Å². The Morgan fingerprint density at radius 3 is 2.95 bits per heavy atom. The van der Waals surface area contributed by atoms with E-state index in [4.69, 9.17) is 11.6 Å². The van der Waals surface area contributed by atoms with E-state index in [1.807, 2.05) is 22.7 Å². The molecule has 116 valence electrons. The van der Waals surface area contributed by atoms with E-state index < -0.39 is 0 Å². The highest BCUT2D eigenvalue weighted by molar-refractivity contribution is 9.10. The van der Waals surface area contributed by atoms with Crippen molar-refractivity contribution in [2.45, 2.75) is 11.7 Å². The largest absolute Gasteiger partial charge is 0.338 e. The quantitative estimate of drug-likeness (QED) is 0.645. The highest BCUT2D eigenvalue weighted by Crippen LogP contribution is 2.37. The number of thiophene rings is 1. The second kappa shape index (κ2) is 7.39. The van der Waals surface area contributed by atoms with Crippen LogP contribution in [-0.2, 0) is 0 Å². The average Bonchev–Trinajstić information content (AvgIpc) is 2.94. The zero-order valence-corrected chi connectivity index (χ0v) is 15.8. The summed E-state index contributed by atoms with van der Waals surface area (Å²) in [6, 6.07) is 9.70. The molecule has 1 unspecified atom stereocenters. The topological polar surface area (TPSA) is 20.3 Å². The summed E-state index contributed by atoms with van der Waals surface area (Å²) in [6.45, 7) is 1.55. The van der Waals surface area contributed by atoms with Crippen molar-refractivity contribution >= 4 is 56.5 Å². The maximum atomic E-state index is 12.7. The summed E-state index contributed by atoms with van der Waals surface area (Å²) in [4.78, 5) is 16.1.